The standard InChI is InChI=1S/C9H13F2NO4S2/c10-8(11)6-16-4-3-12-18(14,15)9-2-1-7(5-13)17-9/h1-2,8,12-13H,3-6H2. The van der Waals surface area contributed by atoms with Crippen LogP contribution >= 0.6 is 11.3 Å². The maximum atomic E-state index is 11.7. The van der Waals surface area contributed by atoms with Crippen molar-refractivity contribution in [3.63, 3.8) is 0 Å². The van der Waals surface area contributed by atoms with Crippen molar-refractivity contribution in [1.82, 2.24) is 4.72 Å². The Morgan fingerprint density at radius 1 is 1.44 bits per heavy atom. The highest BCUT2D eigenvalue weighted by Crippen LogP contribution is 2.20. The Balaban J connectivity index is 2.40. The molecular weight excluding hydrogens is 288 g/mol. The minimum Gasteiger partial charge on any atom is -0.391 e. The van der Waals surface area contributed by atoms with Gasteiger partial charge in [-0.3, -0.25) is 0 Å². The number of thiophene rings is 1. The molecule has 0 bridgehead atoms. The molecule has 1 heterocycles. The summed E-state index contributed by atoms with van der Waals surface area (Å²) in [6.45, 7) is -1.14. The fourth-order valence-electron chi connectivity index (χ4n) is 1.08. The fourth-order valence-corrected chi connectivity index (χ4v) is 3.35. The number of alkyl halides is 2. The normalized spacial score (nSPS) is 12.2. The first-order valence-electron chi connectivity index (χ1n) is 5.01. The van der Waals surface area contributed by atoms with Gasteiger partial charge in [0.1, 0.15) is 10.8 Å². The predicted octanol–water partition coefficient (Wildman–Crippen LogP) is 0.800. The van der Waals surface area contributed by atoms with Crippen molar-refractivity contribution in [2.45, 2.75) is 17.2 Å². The van der Waals surface area contributed by atoms with E-state index in [9.17, 15) is 17.2 Å². The van der Waals surface area contributed by atoms with Gasteiger partial charge in [0.15, 0.2) is 0 Å². The summed E-state index contributed by atoms with van der Waals surface area (Å²) in [5.41, 5.74) is 0. The van der Waals surface area contributed by atoms with Crippen molar-refractivity contribution in [1.29, 1.82) is 0 Å². The molecule has 1 rings (SSSR count). The van der Waals surface area contributed by atoms with Gasteiger partial charge in [-0.2, -0.15) is 0 Å². The Kier molecular flexibility index (Phi) is 6.09. The molecule has 0 radical (unpaired) electrons. The van der Waals surface area contributed by atoms with E-state index in [0.29, 0.717) is 4.88 Å². The SMILES string of the molecule is O=S(=O)(NCCOCC(F)F)c1ccc(CO)s1. The molecule has 1 aromatic heterocycles. The molecule has 0 aliphatic carbocycles. The number of aliphatic hydroxyl groups is 1. The summed E-state index contributed by atoms with van der Waals surface area (Å²) in [5.74, 6) is 0. The van der Waals surface area contributed by atoms with Crippen LogP contribution in [0.1, 0.15) is 4.88 Å². The van der Waals surface area contributed by atoms with Gasteiger partial charge in [-0.25, -0.2) is 21.9 Å². The Hall–Kier alpha value is -0.610. The highest BCUT2D eigenvalue weighted by molar-refractivity contribution is 7.91. The lowest BCUT2D eigenvalue weighted by Gasteiger charge is -2.05. The Bertz CT molecular complexity index is 461. The topological polar surface area (TPSA) is 75.6 Å². The van der Waals surface area contributed by atoms with Gasteiger partial charge in [-0.05, 0) is 12.1 Å². The lowest BCUT2D eigenvalue weighted by molar-refractivity contribution is 0.0199. The Morgan fingerprint density at radius 2 is 2.17 bits per heavy atom. The first kappa shape index (κ1) is 15.4. The maximum absolute atomic E-state index is 11.7. The number of sulfonamides is 1. The van der Waals surface area contributed by atoms with Crippen LogP contribution in [-0.2, 0) is 21.4 Å². The van der Waals surface area contributed by atoms with E-state index in [1.807, 2.05) is 0 Å². The van der Waals surface area contributed by atoms with E-state index in [1.165, 1.54) is 12.1 Å². The molecule has 2 N–H and O–H groups in total. The first-order chi connectivity index (χ1) is 8.45. The molecule has 5 nitrogen and oxygen atoms in total. The quantitative estimate of drug-likeness (QED) is 0.697. The van der Waals surface area contributed by atoms with Crippen LogP contribution in [0.2, 0.25) is 0 Å². The van der Waals surface area contributed by atoms with Gasteiger partial charge in [0.2, 0.25) is 10.0 Å². The van der Waals surface area contributed by atoms with E-state index in [4.69, 9.17) is 5.11 Å². The van der Waals surface area contributed by atoms with Crippen LogP contribution in [0.5, 0.6) is 0 Å². The molecule has 0 aromatic carbocycles. The van der Waals surface area contributed by atoms with E-state index in [0.717, 1.165) is 11.3 Å². The van der Waals surface area contributed by atoms with E-state index in [2.05, 4.69) is 9.46 Å². The molecule has 9 heteroatoms. The number of rotatable bonds is 8. The zero-order valence-corrected chi connectivity index (χ0v) is 10.9. The molecule has 0 saturated heterocycles. The van der Waals surface area contributed by atoms with Gasteiger partial charge < -0.3 is 9.84 Å². The minimum atomic E-state index is -3.66. The van der Waals surface area contributed by atoms with Crippen LogP contribution in [0.25, 0.3) is 0 Å². The summed E-state index contributed by atoms with van der Waals surface area (Å²) < 4.78 is 53.6. The molecule has 0 saturated carbocycles. The number of nitrogens with one attached hydrogen (secondary N) is 1. The number of aliphatic hydroxyl groups excluding tert-OH is 1. The molecule has 0 spiro atoms. The predicted molar refractivity (Wildman–Crippen MR) is 62.3 cm³/mol. The number of ether oxygens (including phenoxy) is 1. The van der Waals surface area contributed by atoms with Gasteiger partial charge in [-0.15, -0.1) is 11.3 Å². The molecule has 1 aromatic rings. The monoisotopic (exact) mass is 301 g/mol. The summed E-state index contributed by atoms with van der Waals surface area (Å²) in [4.78, 5) is 0.532. The van der Waals surface area contributed by atoms with Crippen LogP contribution < -0.4 is 4.72 Å². The summed E-state index contributed by atoms with van der Waals surface area (Å²) >= 11 is 0.947. The van der Waals surface area contributed by atoms with Crippen molar-refractivity contribution in [2.24, 2.45) is 0 Å². The zero-order valence-electron chi connectivity index (χ0n) is 9.30. The fraction of sp³-hybridized carbons (Fsp3) is 0.556. The molecule has 18 heavy (non-hydrogen) atoms. The average Bonchev–Trinajstić information content (AvgIpc) is 2.77. The van der Waals surface area contributed by atoms with Crippen molar-refractivity contribution >= 4 is 21.4 Å². The Morgan fingerprint density at radius 3 is 2.72 bits per heavy atom. The third-order valence-corrected chi connectivity index (χ3v) is 4.86. The Labute approximate surface area is 107 Å². The number of hydrogen-bond donors (Lipinski definition) is 2. The molecular formula is C9H13F2NO4S2. The van der Waals surface area contributed by atoms with Gasteiger partial charge in [0.05, 0.1) is 13.2 Å². The average molecular weight is 301 g/mol. The van der Waals surface area contributed by atoms with E-state index in [1.54, 1.807) is 0 Å². The molecule has 0 fully saturated rings. The smallest absolute Gasteiger partial charge is 0.261 e. The largest absolute Gasteiger partial charge is 0.391 e. The second-order valence-corrected chi connectivity index (χ2v) is 6.40. The van der Waals surface area contributed by atoms with Gasteiger partial charge in [0.25, 0.3) is 6.43 Å². The number of hydrogen-bond acceptors (Lipinski definition) is 5. The van der Waals surface area contributed by atoms with Crippen molar-refractivity contribution in [3.8, 4) is 0 Å². The van der Waals surface area contributed by atoms with Crippen molar-refractivity contribution < 1.29 is 27.0 Å². The second kappa shape index (κ2) is 7.10. The van der Waals surface area contributed by atoms with Gasteiger partial charge in [-0.1, -0.05) is 0 Å². The maximum Gasteiger partial charge on any atom is 0.261 e. The van der Waals surface area contributed by atoms with Crippen molar-refractivity contribution in [2.75, 3.05) is 19.8 Å². The summed E-state index contributed by atoms with van der Waals surface area (Å²) in [5, 5.41) is 8.82. The lowest BCUT2D eigenvalue weighted by Crippen LogP contribution is -2.27. The summed E-state index contributed by atoms with van der Waals surface area (Å²) in [6.07, 6.45) is -2.56. The zero-order chi connectivity index (χ0) is 13.6. The van der Waals surface area contributed by atoms with Crippen LogP contribution in [0, 0.1) is 0 Å². The molecule has 0 amide bonds. The third kappa shape index (κ3) is 4.94. The van der Waals surface area contributed by atoms with Crippen LogP contribution in [0.15, 0.2) is 16.3 Å². The van der Waals surface area contributed by atoms with Gasteiger partial charge >= 0.3 is 0 Å². The van der Waals surface area contributed by atoms with Gasteiger partial charge in [0, 0.05) is 11.4 Å². The van der Waals surface area contributed by atoms with E-state index in [-0.39, 0.29) is 24.0 Å². The van der Waals surface area contributed by atoms with E-state index < -0.39 is 23.1 Å². The van der Waals surface area contributed by atoms with Crippen molar-refractivity contribution in [3.05, 3.63) is 17.0 Å². The summed E-state index contributed by atoms with van der Waals surface area (Å²) in [6, 6.07) is 2.88. The second-order valence-electron chi connectivity index (χ2n) is 3.24. The molecule has 0 atom stereocenters. The first-order valence-corrected chi connectivity index (χ1v) is 7.31. The highest BCUT2D eigenvalue weighted by Gasteiger charge is 2.16. The summed E-state index contributed by atoms with van der Waals surface area (Å²) in [7, 11) is -3.66. The molecule has 0 aliphatic heterocycles. The highest BCUT2D eigenvalue weighted by atomic mass is 32.2. The molecule has 0 aliphatic rings. The van der Waals surface area contributed by atoms with Crippen LogP contribution in [-0.4, -0.2) is 39.7 Å². The van der Waals surface area contributed by atoms with Crippen LogP contribution in [0.3, 0.4) is 0 Å². The third-order valence-electron chi connectivity index (χ3n) is 1.84. The van der Waals surface area contributed by atoms with Crippen LogP contribution in [0.4, 0.5) is 8.78 Å². The number of halogens is 2. The lowest BCUT2D eigenvalue weighted by atomic mass is 10.5. The van der Waals surface area contributed by atoms with E-state index >= 15 is 0 Å². The molecule has 0 unspecified atom stereocenters. The minimum absolute atomic E-state index is 0.0698. The molecule has 104 valence electrons.